The molecule has 0 bridgehead atoms. The molecule has 1 aromatic rings. The van der Waals surface area contributed by atoms with Crippen molar-refractivity contribution in [3.05, 3.63) is 39.5 Å². The molecule has 0 aliphatic heterocycles. The number of anilines is 1. The summed E-state index contributed by atoms with van der Waals surface area (Å²) in [5.74, 6) is 0. The molecule has 0 fully saturated rings. The molecule has 1 aromatic carbocycles. The van der Waals surface area contributed by atoms with Crippen LogP contribution in [0.15, 0.2) is 33.9 Å². The average Bonchev–Trinajstić information content (AvgIpc) is 2.34. The topological polar surface area (TPSA) is 83.4 Å². The molecule has 4 nitrogen and oxygen atoms in total. The molecule has 0 aromatic heterocycles. The minimum Gasteiger partial charge on any atom is -0.345 e. The molecule has 0 saturated carbocycles. The van der Waals surface area contributed by atoms with Crippen LogP contribution >= 0.6 is 15.9 Å². The number of allylic oxidation sites excluding steroid dienone is 2. The second-order valence-electron chi connectivity index (χ2n) is 3.12. The Morgan fingerprint density at radius 3 is 2.35 bits per heavy atom. The first-order valence-electron chi connectivity index (χ1n) is 4.60. The fourth-order valence-electron chi connectivity index (χ4n) is 1.16. The van der Waals surface area contributed by atoms with Crippen molar-refractivity contribution in [2.24, 2.45) is 0 Å². The number of rotatable bonds is 2. The van der Waals surface area contributed by atoms with E-state index in [1.165, 1.54) is 0 Å². The first-order valence-corrected chi connectivity index (χ1v) is 5.40. The molecule has 1 N–H and O–H groups in total. The van der Waals surface area contributed by atoms with Crippen LogP contribution in [0.1, 0.15) is 5.56 Å². The van der Waals surface area contributed by atoms with Crippen molar-refractivity contribution in [1.29, 1.82) is 15.8 Å². The van der Waals surface area contributed by atoms with E-state index in [4.69, 9.17) is 15.8 Å². The lowest BCUT2D eigenvalue weighted by Gasteiger charge is -2.09. The molecule has 1 rings (SSSR count). The highest BCUT2D eigenvalue weighted by Gasteiger charge is 2.08. The molecule has 0 spiro atoms. The largest absolute Gasteiger partial charge is 0.345 e. The molecule has 17 heavy (non-hydrogen) atoms. The molecular formula is C12H7BrN4. The number of halogens is 1. The minimum atomic E-state index is -0.230. The van der Waals surface area contributed by atoms with E-state index < -0.39 is 0 Å². The SMILES string of the molecule is Cc1c(Br)cccc1NC(C#N)=C(C#N)C#N. The van der Waals surface area contributed by atoms with Gasteiger partial charge in [0, 0.05) is 10.2 Å². The summed E-state index contributed by atoms with van der Waals surface area (Å²) in [5, 5.41) is 29.1. The van der Waals surface area contributed by atoms with Crippen LogP contribution in [0.4, 0.5) is 5.69 Å². The van der Waals surface area contributed by atoms with Crippen molar-refractivity contribution < 1.29 is 0 Å². The number of nitriles is 3. The van der Waals surface area contributed by atoms with Crippen LogP contribution in [0.2, 0.25) is 0 Å². The van der Waals surface area contributed by atoms with E-state index in [2.05, 4.69) is 21.2 Å². The van der Waals surface area contributed by atoms with E-state index >= 15 is 0 Å². The third-order valence-corrected chi connectivity index (χ3v) is 2.97. The minimum absolute atomic E-state index is 0.0452. The second-order valence-corrected chi connectivity index (χ2v) is 3.98. The Balaban J connectivity index is 3.21. The zero-order chi connectivity index (χ0) is 12.8. The molecule has 0 heterocycles. The fourth-order valence-corrected chi connectivity index (χ4v) is 1.53. The third-order valence-electron chi connectivity index (χ3n) is 2.11. The van der Waals surface area contributed by atoms with Gasteiger partial charge in [-0.25, -0.2) is 0 Å². The highest BCUT2D eigenvalue weighted by Crippen LogP contribution is 2.24. The van der Waals surface area contributed by atoms with Gasteiger partial charge in [0.05, 0.1) is 0 Å². The Morgan fingerprint density at radius 2 is 1.82 bits per heavy atom. The highest BCUT2D eigenvalue weighted by atomic mass is 79.9. The summed E-state index contributed by atoms with van der Waals surface area (Å²) in [6.07, 6.45) is 0. The Hall–Kier alpha value is -2.29. The van der Waals surface area contributed by atoms with Crippen molar-refractivity contribution >= 4 is 21.6 Å². The van der Waals surface area contributed by atoms with Crippen molar-refractivity contribution in [1.82, 2.24) is 0 Å². The lowest BCUT2D eigenvalue weighted by molar-refractivity contribution is 1.34. The summed E-state index contributed by atoms with van der Waals surface area (Å²) in [6.45, 7) is 1.86. The van der Waals surface area contributed by atoms with E-state index in [9.17, 15) is 0 Å². The highest BCUT2D eigenvalue weighted by molar-refractivity contribution is 9.10. The first-order chi connectivity index (χ1) is 8.13. The molecule has 5 heteroatoms. The van der Waals surface area contributed by atoms with Crippen molar-refractivity contribution in [2.45, 2.75) is 6.92 Å². The predicted octanol–water partition coefficient (Wildman–Crippen LogP) is 2.99. The van der Waals surface area contributed by atoms with Gasteiger partial charge in [0.2, 0.25) is 0 Å². The molecule has 0 radical (unpaired) electrons. The second kappa shape index (κ2) is 5.70. The molecule has 0 saturated heterocycles. The monoisotopic (exact) mass is 286 g/mol. The molecule has 0 amide bonds. The predicted molar refractivity (Wildman–Crippen MR) is 66.4 cm³/mol. The van der Waals surface area contributed by atoms with Crippen molar-refractivity contribution in [2.75, 3.05) is 5.32 Å². The Labute approximate surface area is 108 Å². The van der Waals surface area contributed by atoms with E-state index in [0.717, 1.165) is 10.0 Å². The molecular weight excluding hydrogens is 280 g/mol. The summed E-state index contributed by atoms with van der Waals surface area (Å²) in [5.41, 5.74) is 1.30. The Bertz CT molecular complexity index is 580. The third kappa shape index (κ3) is 2.84. The average molecular weight is 287 g/mol. The van der Waals surface area contributed by atoms with Gasteiger partial charge in [-0.3, -0.25) is 0 Å². The van der Waals surface area contributed by atoms with Crippen LogP contribution in [-0.4, -0.2) is 0 Å². The summed E-state index contributed by atoms with van der Waals surface area (Å²) >= 11 is 3.36. The fraction of sp³-hybridized carbons (Fsp3) is 0.0833. The van der Waals surface area contributed by atoms with Gasteiger partial charge in [-0.1, -0.05) is 22.0 Å². The maximum absolute atomic E-state index is 8.90. The van der Waals surface area contributed by atoms with Crippen LogP contribution in [0.3, 0.4) is 0 Å². The molecule has 0 aliphatic carbocycles. The van der Waals surface area contributed by atoms with E-state index in [-0.39, 0.29) is 11.3 Å². The molecule has 0 atom stereocenters. The number of hydrogen-bond acceptors (Lipinski definition) is 4. The van der Waals surface area contributed by atoms with E-state index in [1.54, 1.807) is 24.3 Å². The maximum atomic E-state index is 8.90. The first kappa shape index (κ1) is 12.8. The smallest absolute Gasteiger partial charge is 0.163 e. The van der Waals surface area contributed by atoms with Gasteiger partial charge in [-0.15, -0.1) is 0 Å². The number of hydrogen-bond donors (Lipinski definition) is 1. The number of nitrogens with zero attached hydrogens (tertiary/aromatic N) is 3. The van der Waals surface area contributed by atoms with E-state index in [0.29, 0.717) is 5.69 Å². The summed E-state index contributed by atoms with van der Waals surface area (Å²) in [6, 6.07) is 10.6. The van der Waals surface area contributed by atoms with Crippen LogP contribution in [0.5, 0.6) is 0 Å². The van der Waals surface area contributed by atoms with Crippen LogP contribution in [0.25, 0.3) is 0 Å². The summed E-state index contributed by atoms with van der Waals surface area (Å²) < 4.78 is 0.884. The van der Waals surface area contributed by atoms with Gasteiger partial charge in [0.25, 0.3) is 0 Å². The van der Waals surface area contributed by atoms with Crippen molar-refractivity contribution in [3.8, 4) is 18.2 Å². The zero-order valence-electron chi connectivity index (χ0n) is 8.95. The Morgan fingerprint density at radius 1 is 1.18 bits per heavy atom. The summed E-state index contributed by atoms with van der Waals surface area (Å²) in [4.78, 5) is 0. The Kier molecular flexibility index (Phi) is 4.29. The van der Waals surface area contributed by atoms with Crippen LogP contribution in [-0.2, 0) is 0 Å². The normalized spacial score (nSPS) is 8.41. The van der Waals surface area contributed by atoms with Gasteiger partial charge < -0.3 is 5.32 Å². The summed E-state index contributed by atoms with van der Waals surface area (Å²) in [7, 11) is 0. The lowest BCUT2D eigenvalue weighted by atomic mass is 10.2. The van der Waals surface area contributed by atoms with E-state index in [1.807, 2.05) is 19.1 Å². The maximum Gasteiger partial charge on any atom is 0.163 e. The van der Waals surface area contributed by atoms with Gasteiger partial charge in [-0.2, -0.15) is 15.8 Å². The van der Waals surface area contributed by atoms with Crippen LogP contribution < -0.4 is 5.32 Å². The van der Waals surface area contributed by atoms with Gasteiger partial charge in [0.1, 0.15) is 23.9 Å². The molecule has 0 unspecified atom stereocenters. The van der Waals surface area contributed by atoms with Gasteiger partial charge >= 0.3 is 0 Å². The lowest BCUT2D eigenvalue weighted by Crippen LogP contribution is -2.02. The van der Waals surface area contributed by atoms with Crippen molar-refractivity contribution in [3.63, 3.8) is 0 Å². The standard InChI is InChI=1S/C12H7BrN4/c1-8-10(13)3-2-4-11(8)17-12(7-16)9(5-14)6-15/h2-4,17H,1H3. The van der Waals surface area contributed by atoms with Gasteiger partial charge in [-0.05, 0) is 24.6 Å². The quantitative estimate of drug-likeness (QED) is 0.847. The number of nitrogens with one attached hydrogen (secondary N) is 1. The molecule has 82 valence electrons. The van der Waals surface area contributed by atoms with Gasteiger partial charge in [0.15, 0.2) is 5.57 Å². The zero-order valence-corrected chi connectivity index (χ0v) is 10.5. The number of benzene rings is 1. The molecule has 0 aliphatic rings. The van der Waals surface area contributed by atoms with Crippen LogP contribution in [0, 0.1) is 40.9 Å².